The summed E-state index contributed by atoms with van der Waals surface area (Å²) in [5.41, 5.74) is 2.44. The first kappa shape index (κ1) is 24.7. The summed E-state index contributed by atoms with van der Waals surface area (Å²) in [5, 5.41) is 9.19. The lowest BCUT2D eigenvalue weighted by atomic mass is 10.1. The minimum Gasteiger partial charge on any atom is -0.490 e. The Morgan fingerprint density at radius 2 is 1.94 bits per heavy atom. The zero-order valence-electron chi connectivity index (χ0n) is 18.5. The van der Waals surface area contributed by atoms with Gasteiger partial charge in [-0.15, -0.1) is 0 Å². The molecule has 4 rings (SSSR count). The van der Waals surface area contributed by atoms with E-state index in [2.05, 4.69) is 6.07 Å². The fourth-order valence-corrected chi connectivity index (χ4v) is 4.85. The summed E-state index contributed by atoms with van der Waals surface area (Å²) in [6.45, 7) is 2.49. The zero-order valence-corrected chi connectivity index (χ0v) is 20.8. The Balaban J connectivity index is 1.57. The van der Waals surface area contributed by atoms with Gasteiger partial charge < -0.3 is 9.47 Å². The number of amides is 1. The van der Waals surface area contributed by atoms with E-state index in [1.54, 1.807) is 36.4 Å². The number of anilines is 1. The van der Waals surface area contributed by atoms with E-state index >= 15 is 0 Å². The predicted octanol–water partition coefficient (Wildman–Crippen LogP) is 6.73. The van der Waals surface area contributed by atoms with Gasteiger partial charge in [0.25, 0.3) is 5.91 Å². The highest BCUT2D eigenvalue weighted by Gasteiger charge is 2.33. The summed E-state index contributed by atoms with van der Waals surface area (Å²) in [5.74, 6) is 0.133. The Hall–Kier alpha value is -3.38. The molecule has 1 aliphatic heterocycles. The molecule has 0 atom stereocenters. The number of ether oxygens (including phenoxy) is 2. The molecule has 176 valence electrons. The van der Waals surface area contributed by atoms with Crippen molar-refractivity contribution in [3.63, 3.8) is 0 Å². The van der Waals surface area contributed by atoms with Crippen LogP contribution in [0.4, 0.5) is 10.1 Å². The molecule has 0 radical (unpaired) electrons. The second kappa shape index (κ2) is 10.9. The number of carbonyl (C=O) groups excluding carboxylic acids is 1. The van der Waals surface area contributed by atoms with Crippen LogP contribution in [0.25, 0.3) is 6.08 Å². The second-order valence-electron chi connectivity index (χ2n) is 7.31. The van der Waals surface area contributed by atoms with Gasteiger partial charge in [0, 0.05) is 5.56 Å². The van der Waals surface area contributed by atoms with Gasteiger partial charge in [0.2, 0.25) is 0 Å². The van der Waals surface area contributed by atoms with Gasteiger partial charge in [-0.1, -0.05) is 59.8 Å². The first-order chi connectivity index (χ1) is 16.9. The van der Waals surface area contributed by atoms with Crippen molar-refractivity contribution in [3.8, 4) is 17.6 Å². The lowest BCUT2D eigenvalue weighted by Crippen LogP contribution is -2.27. The minimum atomic E-state index is -0.571. The van der Waals surface area contributed by atoms with Crippen LogP contribution in [0.5, 0.6) is 11.5 Å². The Bertz CT molecular complexity index is 1390. The van der Waals surface area contributed by atoms with Gasteiger partial charge in [0.15, 0.2) is 15.8 Å². The maximum atomic E-state index is 13.5. The maximum Gasteiger partial charge on any atom is 0.270 e. The molecule has 0 saturated carbocycles. The van der Waals surface area contributed by atoms with E-state index in [-0.39, 0.29) is 17.5 Å². The van der Waals surface area contributed by atoms with Gasteiger partial charge in [0.05, 0.1) is 33.9 Å². The van der Waals surface area contributed by atoms with Crippen molar-refractivity contribution in [1.82, 2.24) is 0 Å². The van der Waals surface area contributed by atoms with Gasteiger partial charge >= 0.3 is 0 Å². The van der Waals surface area contributed by atoms with Crippen molar-refractivity contribution in [2.45, 2.75) is 13.5 Å². The summed E-state index contributed by atoms with van der Waals surface area (Å²) in [4.78, 5) is 14.8. The molecular formula is C26H18ClFN2O3S2. The SMILES string of the molecule is CCOc1cc(/C=C2/SC(=S)N(c3ccc(F)c(Cl)c3)C2=O)ccc1OCc1ccccc1C#N. The fraction of sp³-hybridized carbons (Fsp3) is 0.115. The summed E-state index contributed by atoms with van der Waals surface area (Å²) in [6, 6.07) is 18.7. The first-order valence-electron chi connectivity index (χ1n) is 10.5. The quantitative estimate of drug-likeness (QED) is 0.252. The van der Waals surface area contributed by atoms with E-state index < -0.39 is 5.82 Å². The number of thiocarbonyl (C=S) groups is 1. The summed E-state index contributed by atoms with van der Waals surface area (Å²) < 4.78 is 25.6. The summed E-state index contributed by atoms with van der Waals surface area (Å²) >= 11 is 12.4. The van der Waals surface area contributed by atoms with Crippen LogP contribution in [0, 0.1) is 17.1 Å². The minimum absolute atomic E-state index is 0.0881. The Morgan fingerprint density at radius 3 is 2.69 bits per heavy atom. The maximum absolute atomic E-state index is 13.5. The molecule has 1 aliphatic rings. The van der Waals surface area contributed by atoms with Crippen molar-refractivity contribution in [2.24, 2.45) is 0 Å². The van der Waals surface area contributed by atoms with E-state index in [0.717, 1.165) is 22.9 Å². The van der Waals surface area contributed by atoms with Crippen LogP contribution in [0.2, 0.25) is 5.02 Å². The van der Waals surface area contributed by atoms with Crippen molar-refractivity contribution in [3.05, 3.63) is 93.1 Å². The highest BCUT2D eigenvalue weighted by molar-refractivity contribution is 8.27. The van der Waals surface area contributed by atoms with Crippen LogP contribution in [0.3, 0.4) is 0 Å². The zero-order chi connectivity index (χ0) is 24.9. The van der Waals surface area contributed by atoms with E-state index in [4.69, 9.17) is 33.3 Å². The molecule has 1 fully saturated rings. The molecule has 1 heterocycles. The van der Waals surface area contributed by atoms with Crippen LogP contribution in [0.15, 0.2) is 65.6 Å². The topological polar surface area (TPSA) is 62.6 Å². The van der Waals surface area contributed by atoms with Crippen molar-refractivity contribution in [2.75, 3.05) is 11.5 Å². The molecular weight excluding hydrogens is 507 g/mol. The van der Waals surface area contributed by atoms with Gasteiger partial charge in [0.1, 0.15) is 12.4 Å². The number of nitriles is 1. The lowest BCUT2D eigenvalue weighted by molar-refractivity contribution is -0.113. The monoisotopic (exact) mass is 524 g/mol. The normalized spacial score (nSPS) is 14.3. The van der Waals surface area contributed by atoms with Crippen LogP contribution in [0.1, 0.15) is 23.6 Å². The van der Waals surface area contributed by atoms with Crippen LogP contribution >= 0.6 is 35.6 Å². The predicted molar refractivity (Wildman–Crippen MR) is 140 cm³/mol. The number of hydrogen-bond donors (Lipinski definition) is 0. The van der Waals surface area contributed by atoms with Crippen LogP contribution in [-0.4, -0.2) is 16.8 Å². The average Bonchev–Trinajstić information content (AvgIpc) is 3.13. The Morgan fingerprint density at radius 1 is 1.14 bits per heavy atom. The highest BCUT2D eigenvalue weighted by Crippen LogP contribution is 2.38. The number of hydrogen-bond acceptors (Lipinski definition) is 6. The van der Waals surface area contributed by atoms with E-state index in [1.807, 2.05) is 19.1 Å². The van der Waals surface area contributed by atoms with Crippen molar-refractivity contribution >= 4 is 57.6 Å². The second-order valence-corrected chi connectivity index (χ2v) is 9.40. The van der Waals surface area contributed by atoms with Gasteiger partial charge in [-0.25, -0.2) is 4.39 Å². The summed E-state index contributed by atoms with van der Waals surface area (Å²) in [6.07, 6.45) is 1.71. The van der Waals surface area contributed by atoms with Gasteiger partial charge in [-0.2, -0.15) is 5.26 Å². The fourth-order valence-electron chi connectivity index (χ4n) is 3.38. The number of nitrogens with zero attached hydrogens (tertiary/aromatic N) is 2. The third kappa shape index (κ3) is 5.49. The number of halogens is 2. The average molecular weight is 525 g/mol. The van der Waals surface area contributed by atoms with Crippen molar-refractivity contribution < 1.29 is 18.7 Å². The lowest BCUT2D eigenvalue weighted by Gasteiger charge is -2.15. The number of benzene rings is 3. The van der Waals surface area contributed by atoms with Crippen molar-refractivity contribution in [1.29, 1.82) is 5.26 Å². The summed E-state index contributed by atoms with van der Waals surface area (Å²) in [7, 11) is 0. The molecule has 0 unspecified atom stereocenters. The molecule has 1 saturated heterocycles. The standard InChI is InChI=1S/C26H18ClFN2O3S2/c1-2-32-23-11-16(7-10-22(23)33-15-18-6-4-3-5-17(18)14-29)12-24-25(31)30(26(34)35-24)19-8-9-21(28)20(27)13-19/h3-13H,2,15H2,1H3/b24-12+. The van der Waals surface area contributed by atoms with E-state index in [9.17, 15) is 14.4 Å². The molecule has 0 aromatic heterocycles. The van der Waals surface area contributed by atoms with E-state index in [0.29, 0.717) is 38.6 Å². The number of thioether (sulfide) groups is 1. The molecule has 3 aromatic carbocycles. The Labute approximate surface area is 216 Å². The Kier molecular flexibility index (Phi) is 7.71. The van der Waals surface area contributed by atoms with Gasteiger partial charge in [-0.3, -0.25) is 9.69 Å². The van der Waals surface area contributed by atoms with E-state index in [1.165, 1.54) is 23.1 Å². The number of rotatable bonds is 7. The highest BCUT2D eigenvalue weighted by atomic mass is 35.5. The van der Waals surface area contributed by atoms with Crippen LogP contribution in [-0.2, 0) is 11.4 Å². The third-order valence-electron chi connectivity index (χ3n) is 5.04. The van der Waals surface area contributed by atoms with Crippen LogP contribution < -0.4 is 14.4 Å². The molecule has 3 aromatic rings. The molecule has 1 amide bonds. The molecule has 9 heteroatoms. The van der Waals surface area contributed by atoms with Gasteiger partial charge in [-0.05, 0) is 55.0 Å². The molecule has 0 bridgehead atoms. The molecule has 0 N–H and O–H groups in total. The first-order valence-corrected chi connectivity index (χ1v) is 12.1. The molecule has 5 nitrogen and oxygen atoms in total. The third-order valence-corrected chi connectivity index (χ3v) is 6.63. The number of carbonyl (C=O) groups is 1. The molecule has 35 heavy (non-hydrogen) atoms. The largest absolute Gasteiger partial charge is 0.490 e. The molecule has 0 aliphatic carbocycles. The molecule has 0 spiro atoms. The smallest absolute Gasteiger partial charge is 0.270 e.